The van der Waals surface area contributed by atoms with E-state index >= 15 is 4.39 Å². The van der Waals surface area contributed by atoms with Crippen molar-refractivity contribution in [2.45, 2.75) is 6.92 Å². The number of nitrogens with one attached hydrogen (secondary N) is 1. The van der Waals surface area contributed by atoms with Crippen molar-refractivity contribution < 1.29 is 23.7 Å². The van der Waals surface area contributed by atoms with E-state index in [0.717, 1.165) is 13.1 Å². The predicted molar refractivity (Wildman–Crippen MR) is 128 cm³/mol. The molecule has 1 aliphatic rings. The molecular weight excluding hydrogens is 463 g/mol. The van der Waals surface area contributed by atoms with Gasteiger partial charge in [-0.25, -0.2) is 9.37 Å². The molecule has 2 aromatic carbocycles. The van der Waals surface area contributed by atoms with Gasteiger partial charge in [-0.2, -0.15) is 5.10 Å². The van der Waals surface area contributed by atoms with Gasteiger partial charge >= 0.3 is 0 Å². The first-order chi connectivity index (χ1) is 16.5. The summed E-state index contributed by atoms with van der Waals surface area (Å²) in [6.07, 6.45) is 0. The number of aromatic nitrogens is 3. The van der Waals surface area contributed by atoms with Gasteiger partial charge in [0.2, 0.25) is 0 Å². The first-order valence-electron chi connectivity index (χ1n) is 10.9. The van der Waals surface area contributed by atoms with Crippen molar-refractivity contribution in [3.05, 3.63) is 40.8 Å². The predicted octanol–water partition coefficient (Wildman–Crippen LogP) is 4.30. The summed E-state index contributed by atoms with van der Waals surface area (Å²) >= 11 is 6.13. The van der Waals surface area contributed by atoms with E-state index in [4.69, 9.17) is 25.8 Å². The third-order valence-corrected chi connectivity index (χ3v) is 6.33. The number of aryl methyl sites for hydroxylation is 1. The molecule has 1 aliphatic heterocycles. The van der Waals surface area contributed by atoms with Gasteiger partial charge in [0.15, 0.2) is 17.1 Å². The summed E-state index contributed by atoms with van der Waals surface area (Å²) < 4.78 is 32.9. The van der Waals surface area contributed by atoms with Crippen LogP contribution in [0.1, 0.15) is 5.69 Å². The fourth-order valence-corrected chi connectivity index (χ4v) is 4.51. The van der Waals surface area contributed by atoms with Crippen molar-refractivity contribution in [3.8, 4) is 28.5 Å². The van der Waals surface area contributed by atoms with Crippen LogP contribution in [-0.2, 0) is 4.74 Å². The molecule has 34 heavy (non-hydrogen) atoms. The minimum Gasteiger partial charge on any atom is -0.506 e. The Labute approximate surface area is 200 Å². The van der Waals surface area contributed by atoms with Crippen LogP contribution in [-0.4, -0.2) is 71.8 Å². The van der Waals surface area contributed by atoms with Gasteiger partial charge in [0.1, 0.15) is 18.2 Å². The molecule has 8 nitrogen and oxygen atoms in total. The summed E-state index contributed by atoms with van der Waals surface area (Å²) in [6.45, 7) is 5.96. The maximum atomic E-state index is 15.7. The monoisotopic (exact) mass is 486 g/mol. The molecule has 2 aromatic heterocycles. The number of aromatic hydroxyl groups is 1. The number of hydrogen-bond acceptors (Lipinski definition) is 7. The molecule has 10 heteroatoms. The fourth-order valence-electron chi connectivity index (χ4n) is 4.33. The minimum absolute atomic E-state index is 0.0674. The van der Waals surface area contributed by atoms with Gasteiger partial charge in [-0.05, 0) is 25.1 Å². The van der Waals surface area contributed by atoms with E-state index in [1.54, 1.807) is 12.1 Å². The van der Waals surface area contributed by atoms with E-state index in [0.29, 0.717) is 71.2 Å². The second kappa shape index (κ2) is 9.25. The van der Waals surface area contributed by atoms with Gasteiger partial charge in [-0.1, -0.05) is 11.6 Å². The Morgan fingerprint density at radius 1 is 1.21 bits per heavy atom. The average molecular weight is 487 g/mol. The number of pyridine rings is 1. The number of aromatic amines is 1. The second-order valence-corrected chi connectivity index (χ2v) is 8.51. The Hall–Kier alpha value is -3.14. The summed E-state index contributed by atoms with van der Waals surface area (Å²) in [5.74, 6) is 0.138. The van der Waals surface area contributed by atoms with Crippen LogP contribution in [0.5, 0.6) is 17.2 Å². The van der Waals surface area contributed by atoms with Crippen molar-refractivity contribution in [2.24, 2.45) is 0 Å². The van der Waals surface area contributed by atoms with Crippen molar-refractivity contribution in [1.29, 1.82) is 0 Å². The lowest BCUT2D eigenvalue weighted by molar-refractivity contribution is 0.0321. The number of morpholine rings is 1. The minimum atomic E-state index is -0.508. The van der Waals surface area contributed by atoms with E-state index in [-0.39, 0.29) is 16.2 Å². The zero-order valence-electron chi connectivity index (χ0n) is 18.8. The number of hydrogen-bond donors (Lipinski definition) is 2. The van der Waals surface area contributed by atoms with Crippen molar-refractivity contribution >= 4 is 33.4 Å². The zero-order valence-corrected chi connectivity index (χ0v) is 19.6. The zero-order chi connectivity index (χ0) is 23.8. The average Bonchev–Trinajstić information content (AvgIpc) is 3.21. The standard InChI is InChI=1S/C24H24ClFN4O4/c1-13-19-21-20(22(27-24(19)29-28-13)14-3-4-17(31)15(25)11-14)16(26)12-18(23(21)32-2)34-10-7-30-5-8-33-9-6-30/h3-4,11-12,31H,5-10H2,1-2H3,(H,27,28,29). The molecule has 0 aliphatic carbocycles. The summed E-state index contributed by atoms with van der Waals surface area (Å²) in [4.78, 5) is 6.88. The Balaban J connectivity index is 1.66. The number of phenolic OH excluding ortho intramolecular Hbond substituents is 1. The number of halogens is 2. The van der Waals surface area contributed by atoms with Crippen LogP contribution in [0.25, 0.3) is 33.1 Å². The normalized spacial score (nSPS) is 14.7. The first kappa shape index (κ1) is 22.6. The topological polar surface area (TPSA) is 92.7 Å². The van der Waals surface area contributed by atoms with E-state index in [1.807, 2.05) is 6.92 Å². The van der Waals surface area contributed by atoms with Gasteiger partial charge in [-0.15, -0.1) is 0 Å². The SMILES string of the molecule is COc1c(OCCN2CCOCC2)cc(F)c2c(-c3ccc(O)c(Cl)c3)nc3[nH]nc(C)c3c12. The lowest BCUT2D eigenvalue weighted by Crippen LogP contribution is -2.38. The molecule has 3 heterocycles. The molecule has 0 saturated carbocycles. The van der Waals surface area contributed by atoms with Crippen LogP contribution < -0.4 is 9.47 Å². The number of methoxy groups -OCH3 is 1. The molecular formula is C24H24ClFN4O4. The Kier molecular flexibility index (Phi) is 6.16. The van der Waals surface area contributed by atoms with E-state index in [2.05, 4.69) is 20.1 Å². The van der Waals surface area contributed by atoms with Gasteiger partial charge < -0.3 is 19.3 Å². The highest BCUT2D eigenvalue weighted by Crippen LogP contribution is 2.45. The van der Waals surface area contributed by atoms with Crippen LogP contribution >= 0.6 is 11.6 Å². The number of fused-ring (bicyclic) bond motifs is 3. The van der Waals surface area contributed by atoms with E-state index in [1.165, 1.54) is 19.2 Å². The maximum Gasteiger partial charge on any atom is 0.169 e. The van der Waals surface area contributed by atoms with Gasteiger partial charge in [0, 0.05) is 42.0 Å². The molecule has 0 bridgehead atoms. The molecule has 178 valence electrons. The van der Waals surface area contributed by atoms with E-state index < -0.39 is 5.82 Å². The maximum absolute atomic E-state index is 15.7. The van der Waals surface area contributed by atoms with Crippen LogP contribution in [0.4, 0.5) is 4.39 Å². The van der Waals surface area contributed by atoms with Crippen molar-refractivity contribution in [1.82, 2.24) is 20.1 Å². The number of rotatable bonds is 6. The molecule has 1 fully saturated rings. The molecule has 0 spiro atoms. The third-order valence-electron chi connectivity index (χ3n) is 6.03. The Morgan fingerprint density at radius 3 is 2.74 bits per heavy atom. The van der Waals surface area contributed by atoms with Crippen LogP contribution in [0.2, 0.25) is 5.02 Å². The van der Waals surface area contributed by atoms with Crippen LogP contribution in [0, 0.1) is 12.7 Å². The third kappa shape index (κ3) is 4.00. The molecule has 0 radical (unpaired) electrons. The molecule has 5 rings (SSSR count). The highest BCUT2D eigenvalue weighted by Gasteiger charge is 2.24. The summed E-state index contributed by atoms with van der Waals surface area (Å²) in [5, 5.41) is 18.6. The van der Waals surface area contributed by atoms with Crippen LogP contribution in [0.15, 0.2) is 24.3 Å². The van der Waals surface area contributed by atoms with Gasteiger partial charge in [0.25, 0.3) is 0 Å². The first-order valence-corrected chi connectivity index (χ1v) is 11.3. The summed E-state index contributed by atoms with van der Waals surface area (Å²) in [5.41, 5.74) is 2.03. The highest BCUT2D eigenvalue weighted by molar-refractivity contribution is 6.32. The fraction of sp³-hybridized carbons (Fsp3) is 0.333. The number of nitrogens with zero attached hydrogens (tertiary/aromatic N) is 3. The van der Waals surface area contributed by atoms with E-state index in [9.17, 15) is 5.11 Å². The summed E-state index contributed by atoms with van der Waals surface area (Å²) in [6, 6.07) is 5.96. The van der Waals surface area contributed by atoms with Gasteiger partial charge in [0.05, 0.1) is 42.1 Å². The number of phenols is 1. The molecule has 2 N–H and O–H groups in total. The van der Waals surface area contributed by atoms with Crippen LogP contribution in [0.3, 0.4) is 0 Å². The second-order valence-electron chi connectivity index (χ2n) is 8.10. The molecule has 1 saturated heterocycles. The lowest BCUT2D eigenvalue weighted by Gasteiger charge is -2.26. The molecule has 4 aromatic rings. The number of H-pyrrole nitrogens is 1. The lowest BCUT2D eigenvalue weighted by atomic mass is 9.99. The number of benzene rings is 2. The molecule has 0 unspecified atom stereocenters. The Bertz CT molecular complexity index is 1370. The van der Waals surface area contributed by atoms with Crippen molar-refractivity contribution in [3.63, 3.8) is 0 Å². The van der Waals surface area contributed by atoms with Gasteiger partial charge in [-0.3, -0.25) is 10.00 Å². The number of ether oxygens (including phenoxy) is 3. The summed E-state index contributed by atoms with van der Waals surface area (Å²) in [7, 11) is 1.53. The molecule has 0 atom stereocenters. The quantitative estimate of drug-likeness (QED) is 0.419. The Morgan fingerprint density at radius 2 is 2.00 bits per heavy atom. The highest BCUT2D eigenvalue weighted by atomic mass is 35.5. The largest absolute Gasteiger partial charge is 0.506 e. The van der Waals surface area contributed by atoms with Crippen molar-refractivity contribution in [2.75, 3.05) is 46.6 Å². The molecule has 0 amide bonds. The smallest absolute Gasteiger partial charge is 0.169 e.